The Hall–Kier alpha value is -1.67. The van der Waals surface area contributed by atoms with Crippen LogP contribution >= 0.6 is 0 Å². The molecule has 1 rings (SSSR count). The lowest BCUT2D eigenvalue weighted by Crippen LogP contribution is -2.62. The third kappa shape index (κ3) is 2.37. The minimum atomic E-state index is -4.91. The van der Waals surface area contributed by atoms with Crippen LogP contribution in [-0.2, 0) is 14.4 Å². The summed E-state index contributed by atoms with van der Waals surface area (Å²) in [6.07, 6.45) is -4.19. The van der Waals surface area contributed by atoms with E-state index in [1.807, 2.05) is 0 Å². The average molecular weight is 256 g/mol. The number of nitrogens with one attached hydrogen (secondary N) is 1. The van der Waals surface area contributed by atoms with Gasteiger partial charge in [-0.05, 0) is 6.92 Å². The highest BCUT2D eigenvalue weighted by atomic mass is 19.3. The van der Waals surface area contributed by atoms with E-state index in [1.54, 1.807) is 5.32 Å². The fourth-order valence-corrected chi connectivity index (χ4v) is 1.25. The summed E-state index contributed by atoms with van der Waals surface area (Å²) in [6.45, 7) is 0.204. The fraction of sp³-hybridized carbons (Fsp3) is 0.625. The predicted molar refractivity (Wildman–Crippen MR) is 45.3 cm³/mol. The van der Waals surface area contributed by atoms with Crippen LogP contribution in [0, 0.1) is 0 Å². The van der Waals surface area contributed by atoms with Crippen LogP contribution in [0.2, 0.25) is 0 Å². The van der Waals surface area contributed by atoms with Gasteiger partial charge in [0.2, 0.25) is 11.8 Å². The summed E-state index contributed by atoms with van der Waals surface area (Å²) in [5.74, 6) is -9.12. The third-order valence-corrected chi connectivity index (χ3v) is 2.24. The Morgan fingerprint density at radius 2 is 2.00 bits per heavy atom. The van der Waals surface area contributed by atoms with E-state index in [9.17, 15) is 31.9 Å². The lowest BCUT2D eigenvalue weighted by Gasteiger charge is -2.33. The van der Waals surface area contributed by atoms with Gasteiger partial charge in [0.05, 0.1) is 0 Å². The number of piperazine rings is 1. The first kappa shape index (κ1) is 13.4. The third-order valence-electron chi connectivity index (χ3n) is 2.24. The van der Waals surface area contributed by atoms with Crippen molar-refractivity contribution in [2.75, 3.05) is 6.54 Å². The molecule has 1 heterocycles. The molecule has 1 unspecified atom stereocenters. The van der Waals surface area contributed by atoms with Gasteiger partial charge in [0, 0.05) is 0 Å². The van der Waals surface area contributed by atoms with Gasteiger partial charge < -0.3 is 4.90 Å². The van der Waals surface area contributed by atoms with Crippen LogP contribution in [0.3, 0.4) is 0 Å². The molecule has 0 aliphatic carbocycles. The van der Waals surface area contributed by atoms with Crippen LogP contribution in [0.4, 0.5) is 17.6 Å². The SMILES string of the molecule is CC1C(=O)NC(=O)CN1C(=O)C(F)(F)C(F)F. The lowest BCUT2D eigenvalue weighted by molar-refractivity contribution is -0.185. The quantitative estimate of drug-likeness (QED) is 0.547. The Bertz CT molecular complexity index is 372. The Labute approximate surface area is 92.7 Å². The molecule has 1 aliphatic heterocycles. The van der Waals surface area contributed by atoms with E-state index >= 15 is 0 Å². The molecule has 5 nitrogen and oxygen atoms in total. The van der Waals surface area contributed by atoms with Crippen LogP contribution in [-0.4, -0.2) is 47.6 Å². The first-order chi connectivity index (χ1) is 7.67. The molecule has 0 aromatic rings. The zero-order valence-corrected chi connectivity index (χ0v) is 8.55. The number of rotatable bonds is 2. The second-order valence-electron chi connectivity index (χ2n) is 3.45. The smallest absolute Gasteiger partial charge is 0.316 e. The zero-order chi connectivity index (χ0) is 13.4. The maximum Gasteiger partial charge on any atom is 0.383 e. The molecule has 1 atom stereocenters. The highest BCUT2D eigenvalue weighted by Crippen LogP contribution is 2.26. The Morgan fingerprint density at radius 3 is 2.47 bits per heavy atom. The molecule has 96 valence electrons. The molecule has 0 aromatic heterocycles. The summed E-state index contributed by atoms with van der Waals surface area (Å²) in [5.41, 5.74) is 0. The normalized spacial score (nSPS) is 21.8. The number of hydrogen-bond acceptors (Lipinski definition) is 3. The van der Waals surface area contributed by atoms with Gasteiger partial charge in [0.15, 0.2) is 0 Å². The highest BCUT2D eigenvalue weighted by Gasteiger charge is 2.53. The van der Waals surface area contributed by atoms with Crippen molar-refractivity contribution in [2.24, 2.45) is 0 Å². The largest absolute Gasteiger partial charge is 0.383 e. The number of nitrogens with zero attached hydrogens (tertiary/aromatic N) is 1. The Kier molecular flexibility index (Phi) is 3.39. The van der Waals surface area contributed by atoms with Crippen molar-refractivity contribution < 1.29 is 31.9 Å². The van der Waals surface area contributed by atoms with E-state index < -0.39 is 42.7 Å². The van der Waals surface area contributed by atoms with Gasteiger partial charge in [-0.3, -0.25) is 19.7 Å². The number of carbonyl (C=O) groups is 3. The van der Waals surface area contributed by atoms with Crippen LogP contribution < -0.4 is 5.32 Å². The number of alkyl halides is 4. The number of hydrogen-bond donors (Lipinski definition) is 1. The van der Waals surface area contributed by atoms with Gasteiger partial charge in [0.1, 0.15) is 12.6 Å². The summed E-state index contributed by atoms with van der Waals surface area (Å²) in [4.78, 5) is 33.2. The van der Waals surface area contributed by atoms with Gasteiger partial charge in [-0.25, -0.2) is 8.78 Å². The van der Waals surface area contributed by atoms with Gasteiger partial charge in [-0.2, -0.15) is 8.78 Å². The molecule has 0 radical (unpaired) electrons. The maximum absolute atomic E-state index is 12.8. The molecule has 1 aliphatic rings. The van der Waals surface area contributed by atoms with E-state index in [0.717, 1.165) is 6.92 Å². The summed E-state index contributed by atoms with van der Waals surface area (Å²) >= 11 is 0. The first-order valence-electron chi connectivity index (χ1n) is 4.48. The van der Waals surface area contributed by atoms with Crippen molar-refractivity contribution in [3.8, 4) is 0 Å². The highest BCUT2D eigenvalue weighted by molar-refractivity contribution is 6.04. The van der Waals surface area contributed by atoms with Gasteiger partial charge >= 0.3 is 12.3 Å². The molecule has 17 heavy (non-hydrogen) atoms. The Morgan fingerprint density at radius 1 is 1.47 bits per heavy atom. The topological polar surface area (TPSA) is 66.5 Å². The van der Waals surface area contributed by atoms with E-state index in [1.165, 1.54) is 0 Å². The van der Waals surface area contributed by atoms with Crippen molar-refractivity contribution in [1.82, 2.24) is 10.2 Å². The molecule has 0 aromatic carbocycles. The van der Waals surface area contributed by atoms with Crippen molar-refractivity contribution >= 4 is 17.7 Å². The molecule has 0 spiro atoms. The molecule has 9 heteroatoms. The molecule has 0 bridgehead atoms. The first-order valence-corrected chi connectivity index (χ1v) is 4.48. The standard InChI is InChI=1S/C8H8F4N2O3/c1-3-5(16)13-4(15)2-14(3)7(17)8(11,12)6(9)10/h3,6H,2H2,1H3,(H,13,15,16). The molecule has 3 amide bonds. The van der Waals surface area contributed by atoms with E-state index in [-0.39, 0.29) is 4.90 Å². The molecule has 1 N–H and O–H groups in total. The van der Waals surface area contributed by atoms with Crippen molar-refractivity contribution in [1.29, 1.82) is 0 Å². The second kappa shape index (κ2) is 4.30. The van der Waals surface area contributed by atoms with Gasteiger partial charge in [-0.1, -0.05) is 0 Å². The van der Waals surface area contributed by atoms with Crippen LogP contribution in [0.25, 0.3) is 0 Å². The van der Waals surface area contributed by atoms with Crippen LogP contribution in [0.5, 0.6) is 0 Å². The minimum absolute atomic E-state index is 0.132. The van der Waals surface area contributed by atoms with E-state index in [2.05, 4.69) is 0 Å². The fourth-order valence-electron chi connectivity index (χ4n) is 1.25. The second-order valence-corrected chi connectivity index (χ2v) is 3.45. The summed E-state index contributed by atoms with van der Waals surface area (Å²) in [6, 6.07) is -1.40. The number of carbonyl (C=O) groups excluding carboxylic acids is 3. The van der Waals surface area contributed by atoms with Crippen molar-refractivity contribution in [3.63, 3.8) is 0 Å². The average Bonchev–Trinajstić information content (AvgIpc) is 2.22. The lowest BCUT2D eigenvalue weighted by atomic mass is 10.1. The summed E-state index contributed by atoms with van der Waals surface area (Å²) in [7, 11) is 0. The Balaban J connectivity index is 2.95. The van der Waals surface area contributed by atoms with Crippen molar-refractivity contribution in [2.45, 2.75) is 25.3 Å². The van der Waals surface area contributed by atoms with Gasteiger partial charge in [-0.15, -0.1) is 0 Å². The van der Waals surface area contributed by atoms with E-state index in [0.29, 0.717) is 0 Å². The monoisotopic (exact) mass is 256 g/mol. The zero-order valence-electron chi connectivity index (χ0n) is 8.55. The maximum atomic E-state index is 12.8. The number of halogens is 4. The predicted octanol–water partition coefficient (Wildman–Crippen LogP) is -0.240. The van der Waals surface area contributed by atoms with Crippen molar-refractivity contribution in [3.05, 3.63) is 0 Å². The van der Waals surface area contributed by atoms with Crippen LogP contribution in [0.1, 0.15) is 6.92 Å². The van der Waals surface area contributed by atoms with Gasteiger partial charge in [0.25, 0.3) is 5.91 Å². The van der Waals surface area contributed by atoms with E-state index in [4.69, 9.17) is 0 Å². The number of amides is 3. The molecular formula is C8H8F4N2O3. The molecular weight excluding hydrogens is 248 g/mol. The summed E-state index contributed by atoms with van der Waals surface area (Å²) in [5, 5.41) is 1.79. The summed E-state index contributed by atoms with van der Waals surface area (Å²) < 4.78 is 49.4. The molecule has 1 fully saturated rings. The minimum Gasteiger partial charge on any atom is -0.316 e. The number of imide groups is 1. The molecule has 0 saturated carbocycles. The molecule has 1 saturated heterocycles. The van der Waals surface area contributed by atoms with Crippen LogP contribution in [0.15, 0.2) is 0 Å².